The van der Waals surface area contributed by atoms with Gasteiger partial charge in [-0.2, -0.15) is 10.2 Å². The van der Waals surface area contributed by atoms with E-state index in [0.29, 0.717) is 11.6 Å². The van der Waals surface area contributed by atoms with Gasteiger partial charge >= 0.3 is 0 Å². The van der Waals surface area contributed by atoms with Gasteiger partial charge in [0.05, 0.1) is 12.3 Å². The van der Waals surface area contributed by atoms with Crippen molar-refractivity contribution in [2.24, 2.45) is 5.92 Å². The smallest absolute Gasteiger partial charge is 0.269 e. The highest BCUT2D eigenvalue weighted by Crippen LogP contribution is 2.31. The number of hydrogen-bond acceptors (Lipinski definition) is 6. The lowest BCUT2D eigenvalue weighted by Crippen LogP contribution is -2.46. The third kappa shape index (κ3) is 4.52. The predicted molar refractivity (Wildman–Crippen MR) is 125 cm³/mol. The number of piperidine rings is 1. The van der Waals surface area contributed by atoms with Crippen LogP contribution in [-0.2, 0) is 4.74 Å². The Hall–Kier alpha value is -2.78. The van der Waals surface area contributed by atoms with Crippen LogP contribution in [0.4, 0.5) is 0 Å². The van der Waals surface area contributed by atoms with Crippen molar-refractivity contribution >= 4 is 11.6 Å². The van der Waals surface area contributed by atoms with Gasteiger partial charge in [0.25, 0.3) is 5.91 Å². The van der Waals surface area contributed by atoms with E-state index < -0.39 is 0 Å². The molecule has 9 nitrogen and oxygen atoms in total. The maximum absolute atomic E-state index is 13.2. The maximum atomic E-state index is 13.2. The summed E-state index contributed by atoms with van der Waals surface area (Å²) in [5.74, 6) is 0.730. The average molecular weight is 452 g/mol. The highest BCUT2D eigenvalue weighted by Gasteiger charge is 2.28. The molecule has 176 valence electrons. The topological polar surface area (TPSA) is 100 Å². The summed E-state index contributed by atoms with van der Waals surface area (Å²) in [6, 6.07) is 2.24. The zero-order chi connectivity index (χ0) is 22.9. The number of carbonyl (C=O) groups excluding carboxylic acids is 1. The van der Waals surface area contributed by atoms with Crippen LogP contribution in [0.1, 0.15) is 60.6 Å². The second-order valence-electron chi connectivity index (χ2n) is 9.73. The first-order chi connectivity index (χ1) is 16.0. The summed E-state index contributed by atoms with van der Waals surface area (Å²) in [5.41, 5.74) is 5.06. The highest BCUT2D eigenvalue weighted by molar-refractivity contribution is 5.96. The van der Waals surface area contributed by atoms with E-state index in [-0.39, 0.29) is 17.9 Å². The number of nitrogens with zero attached hydrogens (tertiary/aromatic N) is 5. The third-order valence-electron chi connectivity index (χ3n) is 6.90. The second kappa shape index (κ2) is 9.23. The summed E-state index contributed by atoms with van der Waals surface area (Å²) in [6.45, 7) is 11.1. The van der Waals surface area contributed by atoms with Crippen LogP contribution in [0.2, 0.25) is 0 Å². The number of pyridine rings is 1. The minimum atomic E-state index is -0.0707. The Labute approximate surface area is 193 Å². The van der Waals surface area contributed by atoms with Crippen molar-refractivity contribution in [3.63, 3.8) is 0 Å². The third-order valence-corrected chi connectivity index (χ3v) is 6.90. The van der Waals surface area contributed by atoms with Crippen molar-refractivity contribution in [1.82, 2.24) is 35.0 Å². The minimum absolute atomic E-state index is 0.0707. The monoisotopic (exact) mass is 451 g/mol. The maximum Gasteiger partial charge on any atom is 0.269 e. The summed E-state index contributed by atoms with van der Waals surface area (Å²) in [5, 5.41) is 15.1. The molecule has 2 aliphatic heterocycles. The Kier molecular flexibility index (Phi) is 6.16. The molecule has 0 aromatic carbocycles. The number of H-pyrrole nitrogens is 1. The number of rotatable bonds is 6. The predicted octanol–water partition coefficient (Wildman–Crippen LogP) is 2.78. The molecule has 0 spiro atoms. The van der Waals surface area contributed by atoms with Gasteiger partial charge in [0.1, 0.15) is 12.0 Å². The summed E-state index contributed by atoms with van der Waals surface area (Å²) in [7, 11) is 0. The van der Waals surface area contributed by atoms with Gasteiger partial charge in [0, 0.05) is 49.6 Å². The second-order valence-corrected chi connectivity index (χ2v) is 9.73. The van der Waals surface area contributed by atoms with Crippen molar-refractivity contribution in [2.45, 2.75) is 52.0 Å². The Morgan fingerprint density at radius 1 is 1.30 bits per heavy atom. The van der Waals surface area contributed by atoms with Gasteiger partial charge in [0.15, 0.2) is 5.65 Å². The summed E-state index contributed by atoms with van der Waals surface area (Å²) < 4.78 is 7.27. The fourth-order valence-corrected chi connectivity index (χ4v) is 5.14. The van der Waals surface area contributed by atoms with E-state index in [4.69, 9.17) is 4.74 Å². The van der Waals surface area contributed by atoms with Gasteiger partial charge in [-0.3, -0.25) is 9.89 Å². The fourth-order valence-electron chi connectivity index (χ4n) is 5.14. The number of amides is 1. The van der Waals surface area contributed by atoms with E-state index in [9.17, 15) is 4.79 Å². The van der Waals surface area contributed by atoms with Gasteiger partial charge in [-0.15, -0.1) is 0 Å². The number of nitrogens with one attached hydrogen (secondary N) is 2. The van der Waals surface area contributed by atoms with Crippen molar-refractivity contribution in [3.8, 4) is 11.3 Å². The molecule has 5 rings (SSSR count). The minimum Gasteiger partial charge on any atom is -0.381 e. The molecule has 2 aliphatic rings. The Bertz CT molecular complexity index is 1120. The molecule has 0 saturated carbocycles. The van der Waals surface area contributed by atoms with Crippen LogP contribution in [0, 0.1) is 12.8 Å². The molecule has 2 saturated heterocycles. The molecule has 1 unspecified atom stereocenters. The normalized spacial score (nSPS) is 20.2. The number of ether oxygens (including phenoxy) is 1. The van der Waals surface area contributed by atoms with E-state index >= 15 is 0 Å². The van der Waals surface area contributed by atoms with Crippen LogP contribution in [0.3, 0.4) is 0 Å². The van der Waals surface area contributed by atoms with Gasteiger partial charge in [0.2, 0.25) is 0 Å². The first-order valence-corrected chi connectivity index (χ1v) is 12.0. The molecule has 3 aromatic rings. The van der Waals surface area contributed by atoms with Gasteiger partial charge in [-0.25, -0.2) is 9.50 Å². The van der Waals surface area contributed by atoms with Crippen LogP contribution in [0.25, 0.3) is 16.9 Å². The zero-order valence-corrected chi connectivity index (χ0v) is 19.7. The molecule has 1 amide bonds. The van der Waals surface area contributed by atoms with Crippen LogP contribution in [0.5, 0.6) is 0 Å². The molecule has 0 aliphatic carbocycles. The molecule has 2 fully saturated rings. The number of aromatic nitrogens is 5. The molecule has 0 radical (unpaired) electrons. The SMILES string of the molecule is Cc1cc(-c2n[nH]c(C(=O)NC3CCN(CC4CCOC4)CC3)c2C(C)C)cn2ncnc12. The number of hydrogen-bond donors (Lipinski definition) is 2. The number of aromatic amines is 1. The van der Waals surface area contributed by atoms with Crippen LogP contribution >= 0.6 is 0 Å². The van der Waals surface area contributed by atoms with Crippen molar-refractivity contribution < 1.29 is 9.53 Å². The average Bonchev–Trinajstić information content (AvgIpc) is 3.55. The number of aryl methyl sites for hydroxylation is 1. The van der Waals surface area contributed by atoms with E-state index in [2.05, 4.69) is 50.4 Å². The van der Waals surface area contributed by atoms with E-state index in [1.807, 2.05) is 13.1 Å². The number of carbonyl (C=O) groups is 1. The van der Waals surface area contributed by atoms with E-state index in [1.165, 1.54) is 6.42 Å². The quantitative estimate of drug-likeness (QED) is 0.598. The molecule has 33 heavy (non-hydrogen) atoms. The van der Waals surface area contributed by atoms with Crippen LogP contribution in [0.15, 0.2) is 18.6 Å². The van der Waals surface area contributed by atoms with Crippen molar-refractivity contribution in [1.29, 1.82) is 0 Å². The molecule has 0 bridgehead atoms. The van der Waals surface area contributed by atoms with Gasteiger partial charge in [-0.1, -0.05) is 13.8 Å². The highest BCUT2D eigenvalue weighted by atomic mass is 16.5. The lowest BCUT2D eigenvalue weighted by Gasteiger charge is -2.33. The first kappa shape index (κ1) is 22.0. The van der Waals surface area contributed by atoms with Gasteiger partial charge in [-0.05, 0) is 49.7 Å². The number of fused-ring (bicyclic) bond motifs is 1. The Balaban J connectivity index is 1.29. The van der Waals surface area contributed by atoms with Gasteiger partial charge < -0.3 is 15.0 Å². The fraction of sp³-hybridized carbons (Fsp3) is 0.583. The lowest BCUT2D eigenvalue weighted by molar-refractivity contribution is 0.0897. The molecule has 5 heterocycles. The summed E-state index contributed by atoms with van der Waals surface area (Å²) in [4.78, 5) is 20.0. The molecular weight excluding hydrogens is 418 g/mol. The van der Waals surface area contributed by atoms with Crippen molar-refractivity contribution in [3.05, 3.63) is 35.4 Å². The Morgan fingerprint density at radius 3 is 2.85 bits per heavy atom. The molecular formula is C24H33N7O2. The summed E-state index contributed by atoms with van der Waals surface area (Å²) >= 11 is 0. The van der Waals surface area contributed by atoms with Crippen LogP contribution < -0.4 is 5.32 Å². The largest absolute Gasteiger partial charge is 0.381 e. The van der Waals surface area contributed by atoms with Crippen molar-refractivity contribution in [2.75, 3.05) is 32.8 Å². The first-order valence-electron chi connectivity index (χ1n) is 12.0. The molecule has 9 heteroatoms. The number of likely N-dealkylation sites (tertiary alicyclic amines) is 1. The molecule has 3 aromatic heterocycles. The van der Waals surface area contributed by atoms with E-state index in [1.54, 1.807) is 10.8 Å². The van der Waals surface area contributed by atoms with Crippen LogP contribution in [-0.4, -0.2) is 74.5 Å². The lowest BCUT2D eigenvalue weighted by atomic mass is 9.96. The molecule has 1 atom stereocenters. The summed E-state index contributed by atoms with van der Waals surface area (Å²) in [6.07, 6.45) is 6.58. The molecule has 2 N–H and O–H groups in total. The zero-order valence-electron chi connectivity index (χ0n) is 19.7. The standard InChI is InChI=1S/C24H33N7O2/c1-15(2)20-21(18-10-16(3)23-25-14-26-31(23)12-18)28-29-22(20)24(32)27-19-4-7-30(8-5-19)11-17-6-9-33-13-17/h10,12,14-15,17,19H,4-9,11,13H2,1-3H3,(H,27,32)(H,28,29). The van der Waals surface area contributed by atoms with E-state index in [0.717, 1.165) is 73.7 Å². The Morgan fingerprint density at radius 2 is 2.12 bits per heavy atom.